The van der Waals surface area contributed by atoms with E-state index in [1.807, 2.05) is 30.3 Å². The minimum absolute atomic E-state index is 0.0139. The van der Waals surface area contributed by atoms with Crippen LogP contribution in [0, 0.1) is 5.82 Å². The summed E-state index contributed by atoms with van der Waals surface area (Å²) < 4.78 is 30.8. The van der Waals surface area contributed by atoms with Crippen LogP contribution in [0.15, 0.2) is 78.9 Å². The normalized spacial score (nSPS) is 15.1. The van der Waals surface area contributed by atoms with Crippen molar-refractivity contribution in [2.24, 2.45) is 0 Å². The number of benzene rings is 3. The summed E-state index contributed by atoms with van der Waals surface area (Å²) in [6.45, 7) is 2.60. The van der Waals surface area contributed by atoms with Crippen LogP contribution < -0.4 is 14.8 Å². The van der Waals surface area contributed by atoms with Gasteiger partial charge in [-0.3, -0.25) is 4.79 Å². The Balaban J connectivity index is 1.41. The molecule has 0 bridgehead atoms. The Hall–Kier alpha value is -4.51. The van der Waals surface area contributed by atoms with Crippen LogP contribution in [0.2, 0.25) is 5.02 Å². The van der Waals surface area contributed by atoms with Gasteiger partial charge in [-0.1, -0.05) is 41.9 Å². The lowest BCUT2D eigenvalue weighted by molar-refractivity contribution is 0.0395. The summed E-state index contributed by atoms with van der Waals surface area (Å²) in [5.41, 5.74) is -0.579. The van der Waals surface area contributed by atoms with Gasteiger partial charge in [0, 0.05) is 17.5 Å². The number of carbonyl (C=O) groups excluding carboxylic acids is 2. The molecule has 1 heterocycles. The van der Waals surface area contributed by atoms with Crippen LogP contribution in [0.3, 0.4) is 0 Å². The fourth-order valence-corrected chi connectivity index (χ4v) is 5.23. The zero-order valence-electron chi connectivity index (χ0n) is 27.0. The van der Waals surface area contributed by atoms with Crippen LogP contribution in [0.1, 0.15) is 66.7 Å². The fourth-order valence-electron chi connectivity index (χ4n) is 5.05. The minimum Gasteiger partial charge on any atom is -0.493 e. The van der Waals surface area contributed by atoms with Crippen molar-refractivity contribution < 1.29 is 38.4 Å². The molecule has 48 heavy (non-hydrogen) atoms. The number of aliphatic hydroxyl groups is 2. The number of aromatic nitrogens is 1. The lowest BCUT2D eigenvalue weighted by Crippen LogP contribution is -2.46. The number of rotatable bonds is 14. The van der Waals surface area contributed by atoms with Crippen LogP contribution in [0.4, 0.5) is 9.18 Å². The van der Waals surface area contributed by atoms with Gasteiger partial charge in [-0.25, -0.2) is 14.2 Å². The molecule has 9 nitrogen and oxygen atoms in total. The third kappa shape index (κ3) is 8.49. The van der Waals surface area contributed by atoms with Crippen molar-refractivity contribution in [1.29, 1.82) is 0 Å². The molecule has 1 saturated carbocycles. The topological polar surface area (TPSA) is 127 Å². The number of nitrogens with one attached hydrogen (secondary N) is 1. The number of ketones is 1. The molecule has 4 aromatic rings. The number of pyridine rings is 1. The van der Waals surface area contributed by atoms with Gasteiger partial charge in [0.2, 0.25) is 0 Å². The van der Waals surface area contributed by atoms with Crippen LogP contribution in [-0.4, -0.2) is 46.9 Å². The van der Waals surface area contributed by atoms with E-state index >= 15 is 0 Å². The number of halogens is 2. The molecule has 11 heteroatoms. The number of nitrogens with zero attached hydrogens (tertiary/aromatic N) is 1. The van der Waals surface area contributed by atoms with Crippen molar-refractivity contribution in [3.05, 3.63) is 112 Å². The number of hydrogen-bond acceptors (Lipinski definition) is 8. The summed E-state index contributed by atoms with van der Waals surface area (Å²) in [5, 5.41) is 24.9. The summed E-state index contributed by atoms with van der Waals surface area (Å²) in [6, 6.07) is 21.4. The number of hydrogen-bond donors (Lipinski definition) is 3. The Bertz CT molecular complexity index is 1780. The van der Waals surface area contributed by atoms with Crippen LogP contribution in [0.25, 0.3) is 11.3 Å². The van der Waals surface area contributed by atoms with E-state index in [1.165, 1.54) is 32.2 Å². The standard InChI is InChI=1S/C37H38ClFN2O7/c1-36(22-42,41-35(44)47-21-23-7-5-4-6-8-23)26-19-30(24-9-13-29(39)28(38)17-24)40-34(20-26)37(2,45)16-15-31(43)25-10-14-32(33(18-25)46-3)48-27-11-12-27/h4-10,13-14,17-20,27,42,45H,11-12,15-16,21-22H2,1-3H3,(H,41,44). The molecule has 5 rings (SSSR count). The highest BCUT2D eigenvalue weighted by Gasteiger charge is 2.34. The molecule has 3 N–H and O–H groups in total. The van der Waals surface area contributed by atoms with Gasteiger partial charge in [0.25, 0.3) is 0 Å². The predicted octanol–water partition coefficient (Wildman–Crippen LogP) is 7.10. The first-order valence-corrected chi connectivity index (χ1v) is 16.0. The average Bonchev–Trinajstić information content (AvgIpc) is 3.92. The highest BCUT2D eigenvalue weighted by molar-refractivity contribution is 6.31. The van der Waals surface area contributed by atoms with E-state index in [2.05, 4.69) is 10.3 Å². The Kier molecular flexibility index (Phi) is 10.7. The molecule has 2 atom stereocenters. The van der Waals surface area contributed by atoms with E-state index in [-0.39, 0.29) is 42.1 Å². The molecule has 1 aromatic heterocycles. The molecular formula is C37H38ClFN2O7. The van der Waals surface area contributed by atoms with Crippen molar-refractivity contribution >= 4 is 23.5 Å². The maximum absolute atomic E-state index is 14.1. The summed E-state index contributed by atoms with van der Waals surface area (Å²) in [7, 11) is 1.51. The number of alkyl carbamates (subject to hydrolysis) is 1. The lowest BCUT2D eigenvalue weighted by atomic mass is 9.87. The Labute approximate surface area is 283 Å². The predicted molar refractivity (Wildman–Crippen MR) is 179 cm³/mol. The Morgan fingerprint density at radius 1 is 1.02 bits per heavy atom. The van der Waals surface area contributed by atoms with Crippen molar-refractivity contribution in [3.8, 4) is 22.8 Å². The Morgan fingerprint density at radius 3 is 2.44 bits per heavy atom. The molecule has 0 radical (unpaired) electrons. The van der Waals surface area contributed by atoms with Crippen molar-refractivity contribution in [3.63, 3.8) is 0 Å². The maximum Gasteiger partial charge on any atom is 0.408 e. The van der Waals surface area contributed by atoms with Crippen molar-refractivity contribution in [2.75, 3.05) is 13.7 Å². The molecule has 1 aliphatic rings. The van der Waals surface area contributed by atoms with Crippen LogP contribution in [-0.2, 0) is 22.5 Å². The average molecular weight is 677 g/mol. The quantitative estimate of drug-likeness (QED) is 0.121. The first-order valence-electron chi connectivity index (χ1n) is 15.6. The third-order valence-electron chi connectivity index (χ3n) is 8.28. The summed E-state index contributed by atoms with van der Waals surface area (Å²) in [6.07, 6.45) is 1.30. The van der Waals surface area contributed by atoms with E-state index in [9.17, 15) is 24.2 Å². The number of aliphatic hydroxyl groups excluding tert-OH is 1. The second-order valence-electron chi connectivity index (χ2n) is 12.3. The molecule has 2 unspecified atom stereocenters. The number of Topliss-reactive ketones (excluding diaryl/α,β-unsaturated/α-hetero) is 1. The fraction of sp³-hybridized carbons (Fsp3) is 0.324. The largest absolute Gasteiger partial charge is 0.493 e. The zero-order valence-corrected chi connectivity index (χ0v) is 27.7. The first kappa shape index (κ1) is 34.8. The molecule has 3 aromatic carbocycles. The number of ether oxygens (including phenoxy) is 3. The van der Waals surface area contributed by atoms with Gasteiger partial charge in [0.1, 0.15) is 18.0 Å². The van der Waals surface area contributed by atoms with Gasteiger partial charge in [0.05, 0.1) is 41.8 Å². The van der Waals surface area contributed by atoms with Gasteiger partial charge in [-0.15, -0.1) is 0 Å². The molecule has 1 fully saturated rings. The van der Waals surface area contributed by atoms with Gasteiger partial charge in [0.15, 0.2) is 17.3 Å². The van der Waals surface area contributed by atoms with Crippen molar-refractivity contribution in [1.82, 2.24) is 10.3 Å². The van der Waals surface area contributed by atoms with Crippen molar-refractivity contribution in [2.45, 2.75) is 63.4 Å². The van der Waals surface area contributed by atoms with Gasteiger partial charge < -0.3 is 29.7 Å². The van der Waals surface area contributed by atoms with Gasteiger partial charge >= 0.3 is 6.09 Å². The SMILES string of the molecule is COc1cc(C(=O)CCC(C)(O)c2cc(C(C)(CO)NC(=O)OCc3ccccc3)cc(-c3ccc(F)c(Cl)c3)n2)ccc1OC1CC1. The lowest BCUT2D eigenvalue weighted by Gasteiger charge is -2.31. The second kappa shape index (κ2) is 14.7. The van der Waals surface area contributed by atoms with E-state index in [4.69, 9.17) is 25.8 Å². The number of amides is 1. The molecule has 0 spiro atoms. The summed E-state index contributed by atoms with van der Waals surface area (Å²) in [5.74, 6) is 0.183. The van der Waals surface area contributed by atoms with Gasteiger partial charge in [-0.05, 0) is 92.8 Å². The highest BCUT2D eigenvalue weighted by Crippen LogP contribution is 2.36. The van der Waals surface area contributed by atoms with E-state index in [1.54, 1.807) is 37.3 Å². The summed E-state index contributed by atoms with van der Waals surface area (Å²) in [4.78, 5) is 30.8. The Morgan fingerprint density at radius 2 is 1.77 bits per heavy atom. The second-order valence-corrected chi connectivity index (χ2v) is 12.7. The van der Waals surface area contributed by atoms with E-state index < -0.39 is 29.7 Å². The number of carbonyl (C=O) groups is 2. The summed E-state index contributed by atoms with van der Waals surface area (Å²) >= 11 is 6.09. The maximum atomic E-state index is 14.1. The van der Waals surface area contributed by atoms with Crippen LogP contribution >= 0.6 is 11.6 Å². The smallest absolute Gasteiger partial charge is 0.408 e. The molecule has 1 aliphatic carbocycles. The molecule has 0 saturated heterocycles. The third-order valence-corrected chi connectivity index (χ3v) is 8.57. The van der Waals surface area contributed by atoms with E-state index in [0.29, 0.717) is 33.9 Å². The molecule has 0 aliphatic heterocycles. The molecular weight excluding hydrogens is 639 g/mol. The zero-order chi connectivity index (χ0) is 34.5. The highest BCUT2D eigenvalue weighted by atomic mass is 35.5. The molecule has 252 valence electrons. The van der Waals surface area contributed by atoms with Crippen LogP contribution in [0.5, 0.6) is 11.5 Å². The minimum atomic E-state index is -1.65. The monoisotopic (exact) mass is 676 g/mol. The molecule has 1 amide bonds. The van der Waals surface area contributed by atoms with E-state index in [0.717, 1.165) is 18.4 Å². The number of methoxy groups -OCH3 is 1. The van der Waals surface area contributed by atoms with Gasteiger partial charge in [-0.2, -0.15) is 0 Å². The first-order chi connectivity index (χ1) is 22.9.